The highest BCUT2D eigenvalue weighted by Crippen LogP contribution is 2.37. The second-order valence-corrected chi connectivity index (χ2v) is 5.91. The van der Waals surface area contributed by atoms with Gasteiger partial charge in [-0.1, -0.05) is 15.9 Å². The highest BCUT2D eigenvalue weighted by atomic mass is 79.9. The third-order valence-electron chi connectivity index (χ3n) is 3.47. The minimum Gasteiger partial charge on any atom is -0.502 e. The topological polar surface area (TPSA) is 68.9 Å². The Kier molecular flexibility index (Phi) is 4.63. The van der Waals surface area contributed by atoms with E-state index in [1.807, 2.05) is 0 Å². The van der Waals surface area contributed by atoms with Gasteiger partial charge in [0.05, 0.1) is 12.5 Å². The molecule has 0 amide bonds. The van der Waals surface area contributed by atoms with Crippen molar-refractivity contribution in [3.63, 3.8) is 0 Å². The Morgan fingerprint density at radius 1 is 1.16 bits per heavy atom. The Morgan fingerprint density at radius 3 is 2.60 bits per heavy atom. The fourth-order valence-electron chi connectivity index (χ4n) is 2.36. The molecular formula is C17H11BrF2O5. The molecule has 1 N–H and O–H groups in total. The summed E-state index contributed by atoms with van der Waals surface area (Å²) in [5, 5.41) is 10.4. The van der Waals surface area contributed by atoms with Crippen molar-refractivity contribution in [3.8, 4) is 28.6 Å². The van der Waals surface area contributed by atoms with E-state index >= 15 is 0 Å². The Balaban J connectivity index is 2.18. The molecule has 1 aromatic heterocycles. The molecule has 0 unspecified atom stereocenters. The molecule has 0 atom stereocenters. The molecule has 5 nitrogen and oxygen atoms in total. The number of hydrogen-bond donors (Lipinski definition) is 1. The van der Waals surface area contributed by atoms with Crippen LogP contribution in [0.15, 0.2) is 50.1 Å². The molecule has 0 bridgehead atoms. The van der Waals surface area contributed by atoms with E-state index in [9.17, 15) is 18.7 Å². The molecule has 0 aliphatic carbocycles. The first-order valence-corrected chi connectivity index (χ1v) is 7.78. The van der Waals surface area contributed by atoms with Crippen LogP contribution in [0.4, 0.5) is 8.78 Å². The molecule has 0 aliphatic heterocycles. The summed E-state index contributed by atoms with van der Waals surface area (Å²) in [6, 6.07) is 8.75. The normalized spacial score (nSPS) is 11.1. The fraction of sp³-hybridized carbons (Fsp3) is 0.118. The van der Waals surface area contributed by atoms with Crippen LogP contribution in [0, 0.1) is 0 Å². The summed E-state index contributed by atoms with van der Waals surface area (Å²) in [5.74, 6) is -0.847. The van der Waals surface area contributed by atoms with Crippen LogP contribution in [-0.4, -0.2) is 18.8 Å². The number of benzene rings is 2. The van der Waals surface area contributed by atoms with Crippen LogP contribution >= 0.6 is 15.9 Å². The summed E-state index contributed by atoms with van der Waals surface area (Å²) < 4.78 is 40.4. The van der Waals surface area contributed by atoms with Gasteiger partial charge < -0.3 is 19.0 Å². The summed E-state index contributed by atoms with van der Waals surface area (Å²) in [5.41, 5.74) is -0.0600. The first-order valence-electron chi connectivity index (χ1n) is 6.99. The van der Waals surface area contributed by atoms with Crippen molar-refractivity contribution in [2.24, 2.45) is 0 Å². The zero-order chi connectivity index (χ0) is 18.1. The SMILES string of the molecule is COc1cc(-c2oc3ccc(Br)cc3c(=O)c2O)ccc1OC(F)F. The molecule has 8 heteroatoms. The molecule has 1 heterocycles. The van der Waals surface area contributed by atoms with Gasteiger partial charge in [-0.3, -0.25) is 4.79 Å². The third kappa shape index (κ3) is 3.30. The highest BCUT2D eigenvalue weighted by Gasteiger charge is 2.18. The number of ether oxygens (including phenoxy) is 2. The van der Waals surface area contributed by atoms with Gasteiger partial charge in [-0.2, -0.15) is 8.78 Å². The molecule has 0 radical (unpaired) electrons. The van der Waals surface area contributed by atoms with Gasteiger partial charge in [-0.05, 0) is 36.4 Å². The molecule has 0 aliphatic rings. The molecule has 0 spiro atoms. The lowest BCUT2D eigenvalue weighted by molar-refractivity contribution is -0.0512. The van der Waals surface area contributed by atoms with Crippen molar-refractivity contribution in [3.05, 3.63) is 51.1 Å². The maximum atomic E-state index is 12.4. The van der Waals surface area contributed by atoms with Crippen LogP contribution in [0.2, 0.25) is 0 Å². The zero-order valence-electron chi connectivity index (χ0n) is 12.8. The van der Waals surface area contributed by atoms with Gasteiger partial charge in [-0.15, -0.1) is 0 Å². The highest BCUT2D eigenvalue weighted by molar-refractivity contribution is 9.10. The third-order valence-corrected chi connectivity index (χ3v) is 3.96. The number of methoxy groups -OCH3 is 1. The first-order chi connectivity index (χ1) is 11.9. The quantitative estimate of drug-likeness (QED) is 0.681. The van der Waals surface area contributed by atoms with Crippen molar-refractivity contribution in [2.75, 3.05) is 7.11 Å². The molecule has 0 saturated heterocycles. The van der Waals surface area contributed by atoms with E-state index in [0.29, 0.717) is 4.47 Å². The predicted molar refractivity (Wildman–Crippen MR) is 90.5 cm³/mol. The van der Waals surface area contributed by atoms with Crippen molar-refractivity contribution in [1.29, 1.82) is 0 Å². The monoisotopic (exact) mass is 412 g/mol. The largest absolute Gasteiger partial charge is 0.502 e. The molecular weight excluding hydrogens is 402 g/mol. The van der Waals surface area contributed by atoms with E-state index in [2.05, 4.69) is 20.7 Å². The summed E-state index contributed by atoms with van der Waals surface area (Å²) in [7, 11) is 1.28. The van der Waals surface area contributed by atoms with E-state index in [4.69, 9.17) is 9.15 Å². The number of aromatic hydroxyl groups is 1. The summed E-state index contributed by atoms with van der Waals surface area (Å²) in [6.45, 7) is -3.01. The van der Waals surface area contributed by atoms with E-state index in [1.165, 1.54) is 31.4 Å². The summed E-state index contributed by atoms with van der Waals surface area (Å²) >= 11 is 3.25. The van der Waals surface area contributed by atoms with E-state index in [-0.39, 0.29) is 33.8 Å². The minimum atomic E-state index is -3.01. The van der Waals surface area contributed by atoms with E-state index in [0.717, 1.165) is 0 Å². The maximum Gasteiger partial charge on any atom is 0.387 e. The van der Waals surface area contributed by atoms with Crippen LogP contribution in [0.25, 0.3) is 22.3 Å². The van der Waals surface area contributed by atoms with Crippen LogP contribution < -0.4 is 14.9 Å². The average Bonchev–Trinajstić information content (AvgIpc) is 2.58. The Bertz CT molecular complexity index is 1000. The number of rotatable bonds is 4. The average molecular weight is 413 g/mol. The molecule has 130 valence electrons. The van der Waals surface area contributed by atoms with Gasteiger partial charge in [-0.25, -0.2) is 0 Å². The predicted octanol–water partition coefficient (Wildman–Crippen LogP) is 4.54. The first kappa shape index (κ1) is 17.2. The molecule has 3 aromatic rings. The van der Waals surface area contributed by atoms with Gasteiger partial charge >= 0.3 is 6.61 Å². The molecule has 3 rings (SSSR count). The lowest BCUT2D eigenvalue weighted by atomic mass is 10.1. The van der Waals surface area contributed by atoms with Crippen LogP contribution in [0.5, 0.6) is 17.2 Å². The second kappa shape index (κ2) is 6.72. The Labute approximate surface area is 148 Å². The van der Waals surface area contributed by atoms with Crippen molar-refractivity contribution in [2.45, 2.75) is 6.61 Å². The maximum absolute atomic E-state index is 12.4. The fourth-order valence-corrected chi connectivity index (χ4v) is 2.72. The van der Waals surface area contributed by atoms with Gasteiger partial charge in [0, 0.05) is 10.0 Å². The smallest absolute Gasteiger partial charge is 0.387 e. The van der Waals surface area contributed by atoms with Crippen LogP contribution in [0.1, 0.15) is 0 Å². The zero-order valence-corrected chi connectivity index (χ0v) is 14.3. The summed E-state index contributed by atoms with van der Waals surface area (Å²) in [4.78, 5) is 12.4. The number of fused-ring (bicyclic) bond motifs is 1. The number of halogens is 3. The summed E-state index contributed by atoms with van der Waals surface area (Å²) in [6.07, 6.45) is 0. The minimum absolute atomic E-state index is 0.00996. The van der Waals surface area contributed by atoms with E-state index in [1.54, 1.807) is 12.1 Å². The molecule has 2 aromatic carbocycles. The molecule has 0 fully saturated rings. The van der Waals surface area contributed by atoms with Crippen LogP contribution in [0.3, 0.4) is 0 Å². The van der Waals surface area contributed by atoms with Gasteiger partial charge in [0.2, 0.25) is 11.2 Å². The number of alkyl halides is 2. The Hall–Kier alpha value is -2.61. The van der Waals surface area contributed by atoms with Crippen molar-refractivity contribution in [1.82, 2.24) is 0 Å². The van der Waals surface area contributed by atoms with E-state index < -0.39 is 17.8 Å². The molecule has 25 heavy (non-hydrogen) atoms. The lowest BCUT2D eigenvalue weighted by Gasteiger charge is -2.12. The molecule has 0 saturated carbocycles. The van der Waals surface area contributed by atoms with Crippen LogP contribution in [-0.2, 0) is 0 Å². The van der Waals surface area contributed by atoms with Gasteiger partial charge in [0.1, 0.15) is 5.58 Å². The van der Waals surface area contributed by atoms with Gasteiger partial charge in [0.15, 0.2) is 17.3 Å². The lowest BCUT2D eigenvalue weighted by Crippen LogP contribution is -2.04. The van der Waals surface area contributed by atoms with Crippen molar-refractivity contribution < 1.29 is 27.8 Å². The van der Waals surface area contributed by atoms with Gasteiger partial charge in [0.25, 0.3) is 0 Å². The second-order valence-electron chi connectivity index (χ2n) is 4.99. The standard InChI is InChI=1S/C17H11BrF2O5/c1-23-13-6-8(2-4-12(13)25-17(19)20)16-15(22)14(21)10-7-9(18)3-5-11(10)24-16/h2-7,17,22H,1H3. The number of hydrogen-bond acceptors (Lipinski definition) is 5. The Morgan fingerprint density at radius 2 is 1.92 bits per heavy atom. The van der Waals surface area contributed by atoms with Crippen molar-refractivity contribution >= 4 is 26.9 Å².